The van der Waals surface area contributed by atoms with Crippen LogP contribution in [0.1, 0.15) is 26.3 Å². The number of thioether (sulfide) groups is 1. The Morgan fingerprint density at radius 2 is 1.83 bits per heavy atom. The van der Waals surface area contributed by atoms with E-state index in [2.05, 4.69) is 4.98 Å². The van der Waals surface area contributed by atoms with Crippen LogP contribution in [0.2, 0.25) is 5.02 Å². The van der Waals surface area contributed by atoms with Gasteiger partial charge in [-0.15, -0.1) is 0 Å². The smallest absolute Gasteiger partial charge is 0.340 e. The standard InChI is InChI=1S/C23H19ClN4O5S2/c1-33-22(30)15-8-10-17-20(19(15)25)27-23(34-12-13-5-3-2-4-6-13)28(17)21(29)14-7-9-16(24)18(11-14)35(26,31)32/h2-11H,12,25H2,1H3,(H2,26,31,32). The number of fused-ring (bicyclic) bond motifs is 1. The Bertz CT molecular complexity index is 1570. The number of halogens is 1. The van der Waals surface area contributed by atoms with Crippen LogP contribution in [0.15, 0.2) is 70.7 Å². The maximum atomic E-state index is 13.6. The van der Waals surface area contributed by atoms with E-state index in [1.165, 1.54) is 47.7 Å². The first-order valence-electron chi connectivity index (χ1n) is 10.0. The Hall–Kier alpha value is -3.38. The van der Waals surface area contributed by atoms with E-state index in [0.29, 0.717) is 16.4 Å². The van der Waals surface area contributed by atoms with Crippen LogP contribution in [-0.2, 0) is 20.5 Å². The number of imidazole rings is 1. The number of esters is 1. The zero-order chi connectivity index (χ0) is 25.3. The number of carbonyl (C=O) groups is 2. The monoisotopic (exact) mass is 530 g/mol. The topological polar surface area (TPSA) is 147 Å². The average Bonchev–Trinajstić information content (AvgIpc) is 3.21. The maximum Gasteiger partial charge on any atom is 0.340 e. The van der Waals surface area contributed by atoms with Gasteiger partial charge in [0.2, 0.25) is 10.0 Å². The van der Waals surface area contributed by atoms with Crippen molar-refractivity contribution in [2.75, 3.05) is 12.8 Å². The fraction of sp³-hybridized carbons (Fsp3) is 0.0870. The van der Waals surface area contributed by atoms with E-state index < -0.39 is 21.9 Å². The number of aromatic nitrogens is 2. The Balaban J connectivity index is 1.88. The van der Waals surface area contributed by atoms with Crippen molar-refractivity contribution < 1.29 is 22.7 Å². The number of nitrogens with zero attached hydrogens (tertiary/aromatic N) is 2. The number of sulfonamides is 1. The van der Waals surface area contributed by atoms with Crippen molar-refractivity contribution in [2.24, 2.45) is 5.14 Å². The minimum atomic E-state index is -4.17. The third-order valence-electron chi connectivity index (χ3n) is 5.14. The van der Waals surface area contributed by atoms with Crippen LogP contribution in [0.3, 0.4) is 0 Å². The van der Waals surface area contributed by atoms with E-state index in [1.807, 2.05) is 30.3 Å². The highest BCUT2D eigenvalue weighted by atomic mass is 35.5. The van der Waals surface area contributed by atoms with Gasteiger partial charge >= 0.3 is 5.97 Å². The highest BCUT2D eigenvalue weighted by Gasteiger charge is 2.24. The number of carbonyl (C=O) groups excluding carboxylic acids is 2. The Kier molecular flexibility index (Phi) is 6.86. The summed E-state index contributed by atoms with van der Waals surface area (Å²) < 4.78 is 29.9. The largest absolute Gasteiger partial charge is 0.465 e. The number of rotatable bonds is 6. The van der Waals surface area contributed by atoms with Gasteiger partial charge in [-0.05, 0) is 35.9 Å². The number of nitrogen functional groups attached to an aromatic ring is 1. The Morgan fingerprint density at radius 1 is 1.11 bits per heavy atom. The second-order valence-corrected chi connectivity index (χ2v) is 10.3. The molecule has 12 heteroatoms. The summed E-state index contributed by atoms with van der Waals surface area (Å²) in [6, 6.07) is 16.3. The number of hydrogen-bond acceptors (Lipinski definition) is 8. The van der Waals surface area contributed by atoms with Crippen LogP contribution in [0.25, 0.3) is 11.0 Å². The molecule has 0 amide bonds. The molecule has 1 heterocycles. The lowest BCUT2D eigenvalue weighted by molar-refractivity contribution is 0.0602. The third-order valence-corrected chi connectivity index (χ3v) is 7.54. The van der Waals surface area contributed by atoms with Crippen molar-refractivity contribution in [3.05, 3.63) is 82.4 Å². The zero-order valence-electron chi connectivity index (χ0n) is 18.3. The van der Waals surface area contributed by atoms with Gasteiger partial charge in [-0.3, -0.25) is 9.36 Å². The highest BCUT2D eigenvalue weighted by molar-refractivity contribution is 7.98. The molecule has 4 aromatic rings. The van der Waals surface area contributed by atoms with Gasteiger partial charge in [-0.1, -0.05) is 53.7 Å². The lowest BCUT2D eigenvalue weighted by atomic mass is 10.1. The van der Waals surface area contributed by atoms with E-state index in [-0.39, 0.29) is 32.2 Å². The Morgan fingerprint density at radius 3 is 2.49 bits per heavy atom. The molecule has 0 atom stereocenters. The maximum absolute atomic E-state index is 13.6. The predicted molar refractivity (Wildman–Crippen MR) is 134 cm³/mol. The normalized spacial score (nSPS) is 11.5. The Labute approximate surface area is 210 Å². The molecule has 35 heavy (non-hydrogen) atoms. The number of primary sulfonamides is 1. The summed E-state index contributed by atoms with van der Waals surface area (Å²) in [6.07, 6.45) is 0. The number of nitrogens with two attached hydrogens (primary N) is 2. The molecule has 9 nitrogen and oxygen atoms in total. The number of anilines is 1. The van der Waals surface area contributed by atoms with E-state index in [1.54, 1.807) is 0 Å². The van der Waals surface area contributed by atoms with Gasteiger partial charge in [-0.25, -0.2) is 23.3 Å². The predicted octanol–water partition coefficient (Wildman–Crippen LogP) is 3.69. The molecular formula is C23H19ClN4O5S2. The van der Waals surface area contributed by atoms with E-state index in [0.717, 1.165) is 11.6 Å². The van der Waals surface area contributed by atoms with Crippen LogP contribution >= 0.6 is 23.4 Å². The molecule has 3 aromatic carbocycles. The van der Waals surface area contributed by atoms with Gasteiger partial charge in [0.1, 0.15) is 10.4 Å². The van der Waals surface area contributed by atoms with Crippen molar-refractivity contribution in [2.45, 2.75) is 15.8 Å². The summed E-state index contributed by atoms with van der Waals surface area (Å²) in [6.45, 7) is 0. The molecule has 4 N–H and O–H groups in total. The summed E-state index contributed by atoms with van der Waals surface area (Å²) in [5.41, 5.74) is 7.97. The third kappa shape index (κ3) is 4.89. The first-order chi connectivity index (χ1) is 16.6. The van der Waals surface area contributed by atoms with Crippen molar-refractivity contribution in [1.82, 2.24) is 9.55 Å². The van der Waals surface area contributed by atoms with Crippen LogP contribution < -0.4 is 10.9 Å². The van der Waals surface area contributed by atoms with Crippen LogP contribution in [0.5, 0.6) is 0 Å². The summed E-state index contributed by atoms with van der Waals surface area (Å²) in [4.78, 5) is 29.9. The quantitative estimate of drug-likeness (QED) is 0.218. The molecule has 0 bridgehead atoms. The fourth-order valence-corrected chi connectivity index (χ4v) is 5.46. The minimum Gasteiger partial charge on any atom is -0.465 e. The minimum absolute atomic E-state index is 0.0231. The lowest BCUT2D eigenvalue weighted by Gasteiger charge is -2.10. The first kappa shape index (κ1) is 24.7. The van der Waals surface area contributed by atoms with Gasteiger partial charge in [0.15, 0.2) is 5.16 Å². The number of ether oxygens (including phenoxy) is 1. The SMILES string of the molecule is COC(=O)c1ccc2c(nc(SCc3ccccc3)n2C(=O)c2ccc(Cl)c(S(N)(=O)=O)c2)c1N. The number of hydrogen-bond donors (Lipinski definition) is 2. The van der Waals surface area contributed by atoms with Crippen LogP contribution in [-0.4, -0.2) is 37.0 Å². The van der Waals surface area contributed by atoms with Crippen molar-refractivity contribution in [1.29, 1.82) is 0 Å². The number of benzene rings is 3. The first-order valence-corrected chi connectivity index (χ1v) is 13.0. The number of methoxy groups -OCH3 is 1. The van der Waals surface area contributed by atoms with E-state index >= 15 is 0 Å². The molecule has 0 saturated carbocycles. The van der Waals surface area contributed by atoms with Crippen LogP contribution in [0.4, 0.5) is 5.69 Å². The second-order valence-electron chi connectivity index (χ2n) is 7.39. The second kappa shape index (κ2) is 9.70. The van der Waals surface area contributed by atoms with Gasteiger partial charge in [-0.2, -0.15) is 0 Å². The molecule has 4 rings (SSSR count). The molecule has 0 aliphatic rings. The van der Waals surface area contributed by atoms with Gasteiger partial charge < -0.3 is 10.5 Å². The molecular weight excluding hydrogens is 512 g/mol. The van der Waals surface area contributed by atoms with Gasteiger partial charge in [0.05, 0.1) is 28.9 Å². The molecule has 0 fully saturated rings. The van der Waals surface area contributed by atoms with Crippen LogP contribution in [0, 0.1) is 0 Å². The molecule has 1 aromatic heterocycles. The molecule has 0 radical (unpaired) electrons. The van der Waals surface area contributed by atoms with Crippen molar-refractivity contribution in [3.8, 4) is 0 Å². The van der Waals surface area contributed by atoms with Gasteiger partial charge in [0, 0.05) is 11.3 Å². The van der Waals surface area contributed by atoms with Crippen molar-refractivity contribution in [3.63, 3.8) is 0 Å². The fourth-order valence-electron chi connectivity index (χ4n) is 3.43. The van der Waals surface area contributed by atoms with Gasteiger partial charge in [0.25, 0.3) is 5.91 Å². The zero-order valence-corrected chi connectivity index (χ0v) is 20.7. The molecule has 180 valence electrons. The highest BCUT2D eigenvalue weighted by Crippen LogP contribution is 2.33. The molecule has 0 aliphatic heterocycles. The molecule has 0 spiro atoms. The van der Waals surface area contributed by atoms with E-state index in [9.17, 15) is 18.0 Å². The van der Waals surface area contributed by atoms with E-state index in [4.69, 9.17) is 27.2 Å². The lowest BCUT2D eigenvalue weighted by Crippen LogP contribution is -2.17. The molecule has 0 saturated heterocycles. The van der Waals surface area contributed by atoms with Crippen molar-refractivity contribution >= 4 is 62.0 Å². The average molecular weight is 531 g/mol. The molecule has 0 unspecified atom stereocenters. The summed E-state index contributed by atoms with van der Waals surface area (Å²) in [5, 5.41) is 5.44. The summed E-state index contributed by atoms with van der Waals surface area (Å²) in [7, 11) is -2.93. The summed E-state index contributed by atoms with van der Waals surface area (Å²) in [5.74, 6) is -0.723. The summed E-state index contributed by atoms with van der Waals surface area (Å²) >= 11 is 7.26. The molecule has 0 aliphatic carbocycles.